The van der Waals surface area contributed by atoms with Crippen LogP contribution in [0.2, 0.25) is 0 Å². The maximum atomic E-state index is 11.7. The molecule has 6 nitrogen and oxygen atoms in total. The highest BCUT2D eigenvalue weighted by Crippen LogP contribution is 2.35. The average molecular weight is 319 g/mol. The van der Waals surface area contributed by atoms with Gasteiger partial charge in [0.2, 0.25) is 0 Å². The van der Waals surface area contributed by atoms with Gasteiger partial charge in [0.15, 0.2) is 5.16 Å². The molecule has 0 radical (unpaired) electrons. The number of aromatic amines is 1. The zero-order valence-electron chi connectivity index (χ0n) is 13.0. The molecule has 0 amide bonds. The van der Waals surface area contributed by atoms with Gasteiger partial charge >= 0.3 is 0 Å². The molecule has 0 saturated heterocycles. The van der Waals surface area contributed by atoms with E-state index < -0.39 is 0 Å². The molecule has 2 heterocycles. The molecule has 3 rings (SSSR count). The van der Waals surface area contributed by atoms with Gasteiger partial charge in [-0.3, -0.25) is 4.79 Å². The number of thioether (sulfide) groups is 1. The number of nitrogens with one attached hydrogen (secondary N) is 1. The van der Waals surface area contributed by atoms with E-state index in [4.69, 9.17) is 0 Å². The smallest absolute Gasteiger partial charge is 0.251 e. The van der Waals surface area contributed by atoms with E-state index >= 15 is 0 Å². The predicted molar refractivity (Wildman–Crippen MR) is 86.0 cm³/mol. The lowest BCUT2D eigenvalue weighted by molar-refractivity contribution is 0.391. The highest BCUT2D eigenvalue weighted by atomic mass is 32.2. The SMILES string of the molecule is CCCc1cc(=O)[nH]c(SCc2nnc(C3CCC3)n2C)n1. The van der Waals surface area contributed by atoms with Crippen molar-refractivity contribution in [2.45, 2.75) is 55.9 Å². The van der Waals surface area contributed by atoms with E-state index in [1.54, 1.807) is 6.07 Å². The highest BCUT2D eigenvalue weighted by molar-refractivity contribution is 7.98. The first-order chi connectivity index (χ1) is 10.7. The molecule has 2 aromatic rings. The Balaban J connectivity index is 1.70. The van der Waals surface area contributed by atoms with E-state index in [1.807, 2.05) is 7.05 Å². The Hall–Kier alpha value is -1.63. The summed E-state index contributed by atoms with van der Waals surface area (Å²) in [5.74, 6) is 3.25. The summed E-state index contributed by atoms with van der Waals surface area (Å²) in [5.41, 5.74) is 0.760. The molecular formula is C15H21N5OS. The maximum Gasteiger partial charge on any atom is 0.251 e. The van der Waals surface area contributed by atoms with Gasteiger partial charge in [-0.15, -0.1) is 10.2 Å². The molecule has 1 aliphatic rings. The van der Waals surface area contributed by atoms with Crippen molar-refractivity contribution in [3.63, 3.8) is 0 Å². The molecule has 0 aliphatic heterocycles. The van der Waals surface area contributed by atoms with E-state index in [1.165, 1.54) is 31.0 Å². The molecule has 0 aromatic carbocycles. The summed E-state index contributed by atoms with van der Waals surface area (Å²) in [7, 11) is 2.02. The Labute approximate surface area is 133 Å². The number of aromatic nitrogens is 5. The summed E-state index contributed by atoms with van der Waals surface area (Å²) in [4.78, 5) is 18.9. The van der Waals surface area contributed by atoms with Crippen molar-refractivity contribution in [1.82, 2.24) is 24.7 Å². The van der Waals surface area contributed by atoms with Gasteiger partial charge in [0.1, 0.15) is 11.6 Å². The lowest BCUT2D eigenvalue weighted by atomic mass is 9.85. The standard InChI is InChI=1S/C15H21N5OS/c1-3-5-11-8-13(21)17-15(16-11)22-9-12-18-19-14(20(12)2)10-6-4-7-10/h8,10H,3-7,9H2,1-2H3,(H,16,17,21). The van der Waals surface area contributed by atoms with Crippen molar-refractivity contribution >= 4 is 11.8 Å². The fourth-order valence-electron chi connectivity index (χ4n) is 2.59. The van der Waals surface area contributed by atoms with Crippen molar-refractivity contribution in [3.8, 4) is 0 Å². The van der Waals surface area contributed by atoms with Gasteiger partial charge in [0.25, 0.3) is 5.56 Å². The molecule has 2 aromatic heterocycles. The van der Waals surface area contributed by atoms with E-state index in [9.17, 15) is 4.79 Å². The van der Waals surface area contributed by atoms with Crippen LogP contribution < -0.4 is 5.56 Å². The van der Waals surface area contributed by atoms with Crippen LogP contribution in [0, 0.1) is 0 Å². The van der Waals surface area contributed by atoms with Crippen LogP contribution in [0.3, 0.4) is 0 Å². The quantitative estimate of drug-likeness (QED) is 0.653. The highest BCUT2D eigenvalue weighted by Gasteiger charge is 2.25. The monoisotopic (exact) mass is 319 g/mol. The van der Waals surface area contributed by atoms with E-state index in [0.717, 1.165) is 30.2 Å². The first-order valence-electron chi connectivity index (χ1n) is 7.78. The Morgan fingerprint density at radius 2 is 2.23 bits per heavy atom. The molecule has 118 valence electrons. The van der Waals surface area contributed by atoms with E-state index in [-0.39, 0.29) is 5.56 Å². The topological polar surface area (TPSA) is 76.5 Å². The lowest BCUT2D eigenvalue weighted by Gasteiger charge is -2.24. The molecular weight excluding hydrogens is 298 g/mol. The van der Waals surface area contributed by atoms with Crippen molar-refractivity contribution in [1.29, 1.82) is 0 Å². The Morgan fingerprint density at radius 1 is 1.41 bits per heavy atom. The van der Waals surface area contributed by atoms with Crippen LogP contribution in [0.5, 0.6) is 0 Å². The maximum absolute atomic E-state index is 11.7. The van der Waals surface area contributed by atoms with Crippen LogP contribution in [0.15, 0.2) is 16.0 Å². The van der Waals surface area contributed by atoms with Gasteiger partial charge in [-0.25, -0.2) is 4.98 Å². The molecule has 0 bridgehead atoms. The van der Waals surface area contributed by atoms with Gasteiger partial charge in [-0.1, -0.05) is 31.5 Å². The third-order valence-electron chi connectivity index (χ3n) is 4.09. The first kappa shape index (κ1) is 15.3. The van der Waals surface area contributed by atoms with E-state index in [0.29, 0.717) is 16.8 Å². The van der Waals surface area contributed by atoms with Crippen LogP contribution in [-0.4, -0.2) is 24.7 Å². The number of hydrogen-bond donors (Lipinski definition) is 1. The minimum absolute atomic E-state index is 0.0888. The molecule has 22 heavy (non-hydrogen) atoms. The van der Waals surface area contributed by atoms with Crippen LogP contribution in [-0.2, 0) is 19.2 Å². The van der Waals surface area contributed by atoms with Gasteiger partial charge < -0.3 is 9.55 Å². The molecule has 1 saturated carbocycles. The van der Waals surface area contributed by atoms with Crippen molar-refractivity contribution in [2.75, 3.05) is 0 Å². The van der Waals surface area contributed by atoms with Crippen molar-refractivity contribution < 1.29 is 0 Å². The molecule has 1 aliphatic carbocycles. The van der Waals surface area contributed by atoms with Gasteiger partial charge in [0.05, 0.1) is 5.75 Å². The summed E-state index contributed by atoms with van der Waals surface area (Å²) < 4.78 is 2.09. The summed E-state index contributed by atoms with van der Waals surface area (Å²) in [6.45, 7) is 2.08. The van der Waals surface area contributed by atoms with Crippen LogP contribution in [0.1, 0.15) is 55.9 Å². The number of H-pyrrole nitrogens is 1. The average Bonchev–Trinajstić information content (AvgIpc) is 2.76. The van der Waals surface area contributed by atoms with Crippen molar-refractivity contribution in [3.05, 3.63) is 33.8 Å². The normalized spacial score (nSPS) is 15.0. The predicted octanol–water partition coefficient (Wildman–Crippen LogP) is 2.41. The van der Waals surface area contributed by atoms with Gasteiger partial charge in [-0.2, -0.15) is 0 Å². The van der Waals surface area contributed by atoms with E-state index in [2.05, 4.69) is 31.7 Å². The summed E-state index contributed by atoms with van der Waals surface area (Å²) in [6.07, 6.45) is 5.53. The number of aryl methyl sites for hydroxylation is 1. The molecule has 1 N–H and O–H groups in total. The second kappa shape index (κ2) is 6.64. The third kappa shape index (κ3) is 3.24. The molecule has 0 spiro atoms. The Bertz CT molecular complexity index is 704. The van der Waals surface area contributed by atoms with Crippen LogP contribution in [0.4, 0.5) is 0 Å². The van der Waals surface area contributed by atoms with Crippen LogP contribution in [0.25, 0.3) is 0 Å². The van der Waals surface area contributed by atoms with Crippen molar-refractivity contribution in [2.24, 2.45) is 7.05 Å². The van der Waals surface area contributed by atoms with Gasteiger partial charge in [0, 0.05) is 24.7 Å². The molecule has 1 fully saturated rings. The fourth-order valence-corrected chi connectivity index (χ4v) is 3.46. The largest absolute Gasteiger partial charge is 0.317 e. The fraction of sp³-hybridized carbons (Fsp3) is 0.600. The van der Waals surface area contributed by atoms with Gasteiger partial charge in [-0.05, 0) is 19.3 Å². The zero-order valence-corrected chi connectivity index (χ0v) is 13.8. The number of rotatable bonds is 6. The van der Waals surface area contributed by atoms with Crippen LogP contribution >= 0.6 is 11.8 Å². The second-order valence-corrected chi connectivity index (χ2v) is 6.71. The minimum Gasteiger partial charge on any atom is -0.317 e. The Morgan fingerprint density at radius 3 is 2.91 bits per heavy atom. The molecule has 0 atom stereocenters. The zero-order chi connectivity index (χ0) is 15.5. The summed E-state index contributed by atoms with van der Waals surface area (Å²) in [6, 6.07) is 1.57. The number of nitrogens with zero attached hydrogens (tertiary/aromatic N) is 4. The minimum atomic E-state index is -0.0888. The number of hydrogen-bond acceptors (Lipinski definition) is 5. The summed E-state index contributed by atoms with van der Waals surface area (Å²) in [5, 5.41) is 9.27. The summed E-state index contributed by atoms with van der Waals surface area (Å²) >= 11 is 1.50. The first-order valence-corrected chi connectivity index (χ1v) is 8.77. The third-order valence-corrected chi connectivity index (χ3v) is 4.96. The lowest BCUT2D eigenvalue weighted by Crippen LogP contribution is -2.14. The Kier molecular flexibility index (Phi) is 4.61. The molecule has 7 heteroatoms. The molecule has 0 unspecified atom stereocenters. The second-order valence-electron chi connectivity index (χ2n) is 5.74.